The van der Waals surface area contributed by atoms with Crippen LogP contribution < -0.4 is 5.32 Å². The molecule has 0 bridgehead atoms. The van der Waals surface area contributed by atoms with Crippen LogP contribution in [0.2, 0.25) is 0 Å². The standard InChI is InChI=1S/C19H20N4O2S/c1-13-11-16(14(2)26-13)17(24)3-4-19(25)21-18-7-10-23(22-18)12-15-5-8-20-9-6-15/h5-11H,3-4,12H2,1-2H3,(H,21,22,25). The summed E-state index contributed by atoms with van der Waals surface area (Å²) in [5.74, 6) is 0.279. The van der Waals surface area contributed by atoms with Crippen molar-refractivity contribution >= 4 is 28.8 Å². The number of anilines is 1. The van der Waals surface area contributed by atoms with E-state index in [1.807, 2.05) is 32.0 Å². The number of nitrogens with zero attached hydrogens (tertiary/aromatic N) is 3. The molecule has 0 saturated heterocycles. The molecule has 0 fully saturated rings. The summed E-state index contributed by atoms with van der Waals surface area (Å²) < 4.78 is 1.74. The summed E-state index contributed by atoms with van der Waals surface area (Å²) in [4.78, 5) is 30.4. The first-order valence-corrected chi connectivity index (χ1v) is 9.15. The van der Waals surface area contributed by atoms with Crippen molar-refractivity contribution in [2.75, 3.05) is 5.32 Å². The van der Waals surface area contributed by atoms with Crippen LogP contribution in [0.25, 0.3) is 0 Å². The zero-order valence-electron chi connectivity index (χ0n) is 14.7. The minimum Gasteiger partial charge on any atom is -0.309 e. The van der Waals surface area contributed by atoms with Crippen LogP contribution in [0.15, 0.2) is 42.9 Å². The predicted molar refractivity (Wildman–Crippen MR) is 102 cm³/mol. The average molecular weight is 368 g/mol. The maximum absolute atomic E-state index is 12.2. The topological polar surface area (TPSA) is 76.9 Å². The van der Waals surface area contributed by atoms with Crippen molar-refractivity contribution in [2.24, 2.45) is 0 Å². The van der Waals surface area contributed by atoms with Crippen LogP contribution in [0.1, 0.15) is 38.5 Å². The molecule has 0 atom stereocenters. The van der Waals surface area contributed by atoms with Gasteiger partial charge in [-0.15, -0.1) is 11.3 Å². The zero-order valence-corrected chi connectivity index (χ0v) is 15.5. The number of hydrogen-bond donors (Lipinski definition) is 1. The fourth-order valence-corrected chi connectivity index (χ4v) is 3.61. The third-order valence-corrected chi connectivity index (χ3v) is 4.89. The van der Waals surface area contributed by atoms with Crippen molar-refractivity contribution in [2.45, 2.75) is 33.2 Å². The van der Waals surface area contributed by atoms with Gasteiger partial charge in [-0.3, -0.25) is 19.3 Å². The molecule has 3 heterocycles. The van der Waals surface area contributed by atoms with Crippen molar-refractivity contribution in [1.29, 1.82) is 0 Å². The SMILES string of the molecule is Cc1cc(C(=O)CCC(=O)Nc2ccn(Cc3ccncc3)n2)c(C)s1. The highest BCUT2D eigenvalue weighted by Gasteiger charge is 2.14. The lowest BCUT2D eigenvalue weighted by Crippen LogP contribution is -2.14. The van der Waals surface area contributed by atoms with E-state index in [0.29, 0.717) is 12.4 Å². The Kier molecular flexibility index (Phi) is 5.58. The average Bonchev–Trinajstić information content (AvgIpc) is 3.19. The minimum absolute atomic E-state index is 0.00483. The molecular weight excluding hydrogens is 348 g/mol. The Morgan fingerprint density at radius 2 is 1.92 bits per heavy atom. The highest BCUT2D eigenvalue weighted by Crippen LogP contribution is 2.22. The smallest absolute Gasteiger partial charge is 0.226 e. The number of ketones is 1. The van der Waals surface area contributed by atoms with Gasteiger partial charge >= 0.3 is 0 Å². The van der Waals surface area contributed by atoms with E-state index < -0.39 is 0 Å². The van der Waals surface area contributed by atoms with Crippen LogP contribution >= 0.6 is 11.3 Å². The van der Waals surface area contributed by atoms with Crippen LogP contribution in [0.3, 0.4) is 0 Å². The Morgan fingerprint density at radius 1 is 1.15 bits per heavy atom. The molecule has 3 aromatic rings. The number of carbonyl (C=O) groups is 2. The van der Waals surface area contributed by atoms with E-state index in [9.17, 15) is 9.59 Å². The van der Waals surface area contributed by atoms with Crippen molar-refractivity contribution < 1.29 is 9.59 Å². The number of amides is 1. The molecule has 134 valence electrons. The van der Waals surface area contributed by atoms with Crippen LogP contribution in [-0.4, -0.2) is 26.5 Å². The number of aromatic nitrogens is 3. The number of aryl methyl sites for hydroxylation is 2. The predicted octanol–water partition coefficient (Wildman–Crippen LogP) is 3.61. The summed E-state index contributed by atoms with van der Waals surface area (Å²) in [7, 11) is 0. The summed E-state index contributed by atoms with van der Waals surface area (Å²) in [5.41, 5.74) is 1.80. The number of Topliss-reactive ketones (excluding diaryl/α,β-unsaturated/α-hetero) is 1. The molecule has 0 aliphatic rings. The molecule has 6 nitrogen and oxygen atoms in total. The molecule has 0 aromatic carbocycles. The Bertz CT molecular complexity index is 915. The normalized spacial score (nSPS) is 10.7. The first-order chi connectivity index (χ1) is 12.5. The number of rotatable bonds is 7. The van der Waals surface area contributed by atoms with Crippen LogP contribution in [-0.2, 0) is 11.3 Å². The monoisotopic (exact) mass is 368 g/mol. The third-order valence-electron chi connectivity index (χ3n) is 3.92. The van der Waals surface area contributed by atoms with E-state index in [0.717, 1.165) is 20.9 Å². The highest BCUT2D eigenvalue weighted by atomic mass is 32.1. The van der Waals surface area contributed by atoms with Gasteiger partial charge in [-0.2, -0.15) is 5.10 Å². The second-order valence-electron chi connectivity index (χ2n) is 6.05. The van der Waals surface area contributed by atoms with Crippen molar-refractivity contribution in [3.8, 4) is 0 Å². The lowest BCUT2D eigenvalue weighted by atomic mass is 10.1. The molecule has 0 saturated carbocycles. The molecule has 1 N–H and O–H groups in total. The number of carbonyl (C=O) groups excluding carboxylic acids is 2. The van der Waals surface area contributed by atoms with E-state index in [1.165, 1.54) is 0 Å². The Hall–Kier alpha value is -2.80. The Labute approximate surface area is 155 Å². The van der Waals surface area contributed by atoms with Gasteiger partial charge in [-0.1, -0.05) is 0 Å². The molecule has 3 rings (SSSR count). The molecule has 0 aliphatic heterocycles. The maximum Gasteiger partial charge on any atom is 0.226 e. The first kappa shape index (κ1) is 18.0. The van der Waals surface area contributed by atoms with E-state index >= 15 is 0 Å². The molecule has 0 unspecified atom stereocenters. The first-order valence-electron chi connectivity index (χ1n) is 8.33. The minimum atomic E-state index is -0.211. The number of thiophene rings is 1. The van der Waals surface area contributed by atoms with Gasteiger partial charge in [-0.05, 0) is 37.6 Å². The lowest BCUT2D eigenvalue weighted by molar-refractivity contribution is -0.116. The lowest BCUT2D eigenvalue weighted by Gasteiger charge is -2.03. The van der Waals surface area contributed by atoms with Crippen molar-refractivity contribution in [3.63, 3.8) is 0 Å². The zero-order chi connectivity index (χ0) is 18.5. The van der Waals surface area contributed by atoms with Crippen LogP contribution in [0, 0.1) is 13.8 Å². The van der Waals surface area contributed by atoms with Crippen LogP contribution in [0.5, 0.6) is 0 Å². The van der Waals surface area contributed by atoms with Gasteiger partial charge in [-0.25, -0.2) is 0 Å². The number of hydrogen-bond acceptors (Lipinski definition) is 5. The molecule has 26 heavy (non-hydrogen) atoms. The molecular formula is C19H20N4O2S. The second kappa shape index (κ2) is 8.05. The summed E-state index contributed by atoms with van der Waals surface area (Å²) in [6.45, 7) is 4.51. The van der Waals surface area contributed by atoms with Gasteiger partial charge in [0.1, 0.15) is 0 Å². The van der Waals surface area contributed by atoms with Crippen molar-refractivity contribution in [1.82, 2.24) is 14.8 Å². The second-order valence-corrected chi connectivity index (χ2v) is 7.51. The van der Waals surface area contributed by atoms with Gasteiger partial charge in [0.2, 0.25) is 5.91 Å². The van der Waals surface area contributed by atoms with Gasteiger partial charge in [0.15, 0.2) is 11.6 Å². The van der Waals surface area contributed by atoms with Gasteiger partial charge < -0.3 is 5.32 Å². The van der Waals surface area contributed by atoms with E-state index in [4.69, 9.17) is 0 Å². The van der Waals surface area contributed by atoms with Gasteiger partial charge in [0.05, 0.1) is 6.54 Å². The van der Waals surface area contributed by atoms with Crippen molar-refractivity contribution in [3.05, 3.63) is 63.7 Å². The molecule has 0 spiro atoms. The Morgan fingerprint density at radius 3 is 2.62 bits per heavy atom. The van der Waals surface area contributed by atoms with Crippen LogP contribution in [0.4, 0.5) is 5.82 Å². The van der Waals surface area contributed by atoms with E-state index in [2.05, 4.69) is 15.4 Å². The van der Waals surface area contributed by atoms with E-state index in [-0.39, 0.29) is 24.5 Å². The Balaban J connectivity index is 1.51. The number of nitrogens with one attached hydrogen (secondary N) is 1. The molecule has 1 amide bonds. The summed E-state index contributed by atoms with van der Waals surface area (Å²) in [6, 6.07) is 7.47. The quantitative estimate of drug-likeness (QED) is 0.646. The molecule has 0 aliphatic carbocycles. The molecule has 0 radical (unpaired) electrons. The molecule has 7 heteroatoms. The largest absolute Gasteiger partial charge is 0.309 e. The highest BCUT2D eigenvalue weighted by molar-refractivity contribution is 7.12. The summed E-state index contributed by atoms with van der Waals surface area (Å²) >= 11 is 1.60. The van der Waals surface area contributed by atoms with Gasteiger partial charge in [0.25, 0.3) is 0 Å². The number of pyridine rings is 1. The van der Waals surface area contributed by atoms with Gasteiger partial charge in [0, 0.05) is 52.8 Å². The maximum atomic E-state index is 12.2. The van der Waals surface area contributed by atoms with E-state index in [1.54, 1.807) is 40.7 Å². The third kappa shape index (κ3) is 4.64. The molecule has 3 aromatic heterocycles. The summed E-state index contributed by atoms with van der Waals surface area (Å²) in [5, 5.41) is 7.07. The summed E-state index contributed by atoms with van der Waals surface area (Å²) in [6.07, 6.45) is 5.61. The fourth-order valence-electron chi connectivity index (χ4n) is 2.67. The fraction of sp³-hybridized carbons (Fsp3) is 0.263.